The topological polar surface area (TPSA) is 84.2 Å². The molecule has 0 unspecified atom stereocenters. The van der Waals surface area contributed by atoms with E-state index in [0.717, 1.165) is 19.3 Å². The summed E-state index contributed by atoms with van der Waals surface area (Å²) >= 11 is 0. The number of carbonyl (C=O) groups is 2. The van der Waals surface area contributed by atoms with Gasteiger partial charge in [0.1, 0.15) is 0 Å². The minimum atomic E-state index is -0.132. The van der Waals surface area contributed by atoms with Crippen molar-refractivity contribution in [2.45, 2.75) is 39.5 Å². The summed E-state index contributed by atoms with van der Waals surface area (Å²) in [6, 6.07) is 0. The molecule has 4 N–H and O–H groups in total. The highest BCUT2D eigenvalue weighted by Crippen LogP contribution is 2.42. The van der Waals surface area contributed by atoms with E-state index < -0.39 is 0 Å². The van der Waals surface area contributed by atoms with Crippen molar-refractivity contribution in [3.63, 3.8) is 0 Å². The lowest BCUT2D eigenvalue weighted by atomic mass is 9.66. The van der Waals surface area contributed by atoms with E-state index in [1.807, 2.05) is 13.8 Å². The van der Waals surface area contributed by atoms with Gasteiger partial charge < -0.3 is 16.4 Å². The van der Waals surface area contributed by atoms with Crippen LogP contribution < -0.4 is 16.4 Å². The van der Waals surface area contributed by atoms with Crippen LogP contribution in [0.15, 0.2) is 0 Å². The minimum absolute atomic E-state index is 0.00150. The Balaban J connectivity index is 2.18. The lowest BCUT2D eigenvalue weighted by Gasteiger charge is -2.40. The molecule has 0 aromatic heterocycles. The Morgan fingerprint density at radius 3 is 2.33 bits per heavy atom. The van der Waals surface area contributed by atoms with Crippen molar-refractivity contribution in [2.75, 3.05) is 19.6 Å². The van der Waals surface area contributed by atoms with E-state index in [9.17, 15) is 9.59 Å². The summed E-state index contributed by atoms with van der Waals surface area (Å²) in [4.78, 5) is 23.1. The van der Waals surface area contributed by atoms with Crippen LogP contribution in [-0.2, 0) is 9.59 Å². The van der Waals surface area contributed by atoms with Crippen LogP contribution in [0.1, 0.15) is 39.5 Å². The van der Waals surface area contributed by atoms with Crippen molar-refractivity contribution in [1.82, 2.24) is 10.6 Å². The molecule has 1 aliphatic carbocycles. The van der Waals surface area contributed by atoms with E-state index in [4.69, 9.17) is 5.73 Å². The molecule has 0 aliphatic heterocycles. The van der Waals surface area contributed by atoms with Gasteiger partial charge in [-0.25, -0.2) is 0 Å². The Labute approximate surface area is 109 Å². The zero-order valence-corrected chi connectivity index (χ0v) is 11.4. The van der Waals surface area contributed by atoms with Gasteiger partial charge in [0.05, 0.1) is 6.54 Å². The Hall–Kier alpha value is -1.10. The predicted molar refractivity (Wildman–Crippen MR) is 70.8 cm³/mol. The molecule has 0 aromatic carbocycles. The summed E-state index contributed by atoms with van der Waals surface area (Å²) in [6.07, 6.45) is 3.65. The van der Waals surface area contributed by atoms with Crippen LogP contribution in [0.3, 0.4) is 0 Å². The van der Waals surface area contributed by atoms with Gasteiger partial charge in [-0.1, -0.05) is 20.3 Å². The monoisotopic (exact) mass is 255 g/mol. The first-order valence-electron chi connectivity index (χ1n) is 6.71. The molecule has 0 heterocycles. The first-order valence-corrected chi connectivity index (χ1v) is 6.71. The summed E-state index contributed by atoms with van der Waals surface area (Å²) in [5, 5.41) is 5.42. The third-order valence-corrected chi connectivity index (χ3v) is 3.54. The molecule has 18 heavy (non-hydrogen) atoms. The van der Waals surface area contributed by atoms with Gasteiger partial charge in [0.25, 0.3) is 0 Å². The second-order valence-electron chi connectivity index (χ2n) is 5.71. The fourth-order valence-corrected chi connectivity index (χ4v) is 2.09. The quantitative estimate of drug-likeness (QED) is 0.615. The maximum absolute atomic E-state index is 11.7. The van der Waals surface area contributed by atoms with Crippen molar-refractivity contribution < 1.29 is 9.59 Å². The van der Waals surface area contributed by atoms with Crippen LogP contribution in [-0.4, -0.2) is 31.4 Å². The van der Waals surface area contributed by atoms with Crippen molar-refractivity contribution in [1.29, 1.82) is 0 Å². The van der Waals surface area contributed by atoms with E-state index >= 15 is 0 Å². The smallest absolute Gasteiger partial charge is 0.239 e. The number of rotatable bonds is 7. The molecule has 0 aromatic rings. The van der Waals surface area contributed by atoms with E-state index in [1.165, 1.54) is 0 Å². The summed E-state index contributed by atoms with van der Waals surface area (Å²) in [7, 11) is 0. The van der Waals surface area contributed by atoms with Gasteiger partial charge in [-0.3, -0.25) is 9.59 Å². The molecular weight excluding hydrogens is 230 g/mol. The molecule has 2 amide bonds. The first kappa shape index (κ1) is 15.0. The molecule has 104 valence electrons. The number of carbonyl (C=O) groups excluding carboxylic acids is 2. The first-order chi connectivity index (χ1) is 8.47. The lowest BCUT2D eigenvalue weighted by molar-refractivity contribution is -0.128. The summed E-state index contributed by atoms with van der Waals surface area (Å²) in [5.41, 5.74) is 5.69. The lowest BCUT2D eigenvalue weighted by Crippen LogP contribution is -2.44. The fourth-order valence-electron chi connectivity index (χ4n) is 2.09. The highest BCUT2D eigenvalue weighted by Gasteiger charge is 2.37. The summed E-state index contributed by atoms with van der Waals surface area (Å²) in [6.45, 7) is 5.31. The largest absolute Gasteiger partial charge is 0.354 e. The maximum Gasteiger partial charge on any atom is 0.239 e. The van der Waals surface area contributed by atoms with E-state index in [2.05, 4.69) is 10.6 Å². The number of nitrogens with one attached hydrogen (secondary N) is 2. The van der Waals surface area contributed by atoms with Gasteiger partial charge in [-0.2, -0.15) is 0 Å². The summed E-state index contributed by atoms with van der Waals surface area (Å²) in [5.74, 6) is 0.215. The molecule has 5 heteroatoms. The average molecular weight is 255 g/mol. The third-order valence-electron chi connectivity index (χ3n) is 3.54. The molecule has 5 nitrogen and oxygen atoms in total. The zero-order valence-electron chi connectivity index (χ0n) is 11.4. The molecule has 0 saturated heterocycles. The van der Waals surface area contributed by atoms with Crippen LogP contribution in [0.5, 0.6) is 0 Å². The van der Waals surface area contributed by atoms with Gasteiger partial charge in [0.2, 0.25) is 11.8 Å². The average Bonchev–Trinajstić information content (AvgIpc) is 2.28. The second kappa shape index (κ2) is 6.73. The molecular formula is C13H25N3O2. The molecule has 0 spiro atoms. The van der Waals surface area contributed by atoms with Crippen LogP contribution in [0.2, 0.25) is 0 Å². The van der Waals surface area contributed by atoms with Crippen molar-refractivity contribution in [2.24, 2.45) is 17.1 Å². The summed E-state index contributed by atoms with van der Waals surface area (Å²) < 4.78 is 0. The van der Waals surface area contributed by atoms with Gasteiger partial charge in [0.15, 0.2) is 0 Å². The molecule has 1 rings (SSSR count). The van der Waals surface area contributed by atoms with Gasteiger partial charge >= 0.3 is 0 Å². The standard InChI is InChI=1S/C13H25N3O2/c1-10(2)7-15-12(18)8-16-11(17)6-13(9-14)4-3-5-13/h10H,3-9,14H2,1-2H3,(H,15,18)(H,16,17). The van der Waals surface area contributed by atoms with Crippen LogP contribution >= 0.6 is 0 Å². The zero-order chi connectivity index (χ0) is 13.6. The number of hydrogen-bond donors (Lipinski definition) is 3. The molecule has 0 atom stereocenters. The van der Waals surface area contributed by atoms with Crippen LogP contribution in [0.4, 0.5) is 0 Å². The van der Waals surface area contributed by atoms with Crippen molar-refractivity contribution >= 4 is 11.8 Å². The minimum Gasteiger partial charge on any atom is -0.354 e. The van der Waals surface area contributed by atoms with Crippen LogP contribution in [0, 0.1) is 11.3 Å². The van der Waals surface area contributed by atoms with Crippen molar-refractivity contribution in [3.8, 4) is 0 Å². The van der Waals surface area contributed by atoms with Crippen LogP contribution in [0.25, 0.3) is 0 Å². The van der Waals surface area contributed by atoms with Gasteiger partial charge in [0, 0.05) is 13.0 Å². The van der Waals surface area contributed by atoms with E-state index in [0.29, 0.717) is 25.4 Å². The Morgan fingerprint density at radius 1 is 1.22 bits per heavy atom. The molecule has 0 radical (unpaired) electrons. The number of nitrogens with two attached hydrogens (primary N) is 1. The Kier molecular flexibility index (Phi) is 5.59. The third kappa shape index (κ3) is 4.64. The van der Waals surface area contributed by atoms with Crippen molar-refractivity contribution in [3.05, 3.63) is 0 Å². The molecule has 1 aliphatic rings. The van der Waals surface area contributed by atoms with Gasteiger partial charge in [-0.05, 0) is 30.7 Å². The fraction of sp³-hybridized carbons (Fsp3) is 0.846. The maximum atomic E-state index is 11.7. The highest BCUT2D eigenvalue weighted by atomic mass is 16.2. The van der Waals surface area contributed by atoms with E-state index in [1.54, 1.807) is 0 Å². The van der Waals surface area contributed by atoms with Gasteiger partial charge in [-0.15, -0.1) is 0 Å². The highest BCUT2D eigenvalue weighted by molar-refractivity contribution is 5.84. The number of hydrogen-bond acceptors (Lipinski definition) is 3. The molecule has 1 fully saturated rings. The molecule has 0 bridgehead atoms. The second-order valence-corrected chi connectivity index (χ2v) is 5.71. The predicted octanol–water partition coefficient (Wildman–Crippen LogP) is 0.394. The normalized spacial score (nSPS) is 17.1. The Morgan fingerprint density at radius 2 is 1.89 bits per heavy atom. The van der Waals surface area contributed by atoms with E-state index in [-0.39, 0.29) is 23.8 Å². The number of amides is 2. The Bertz CT molecular complexity index is 293. The molecule has 1 saturated carbocycles. The SMILES string of the molecule is CC(C)CNC(=O)CNC(=O)CC1(CN)CCC1.